The Morgan fingerprint density at radius 3 is 2.81 bits per heavy atom. The number of rotatable bonds is 3. The van der Waals surface area contributed by atoms with Crippen LogP contribution in [0.2, 0.25) is 0 Å². The van der Waals surface area contributed by atoms with Gasteiger partial charge in [-0.2, -0.15) is 10.2 Å². The van der Waals surface area contributed by atoms with E-state index in [9.17, 15) is 5.26 Å². The maximum Gasteiger partial charge on any atom is 0.278 e. The maximum atomic E-state index is 9.42. The van der Waals surface area contributed by atoms with E-state index in [0.717, 1.165) is 40.6 Å². The van der Waals surface area contributed by atoms with Gasteiger partial charge in [0.2, 0.25) is 0 Å². The summed E-state index contributed by atoms with van der Waals surface area (Å²) in [6.45, 7) is 2.71. The van der Waals surface area contributed by atoms with Gasteiger partial charge >= 0.3 is 0 Å². The summed E-state index contributed by atoms with van der Waals surface area (Å²) in [6, 6.07) is 7.82. The first kappa shape index (κ1) is 21.4. The highest BCUT2D eigenvalue weighted by Gasteiger charge is 2.32. The SMILES string of the molecule is C[C@@H]1C[C@H](n2c(Cc3noc(C(Cl)(Cl)Cl)n3)nc3cnc4ccc(C#N)cc4c32)CCO1. The predicted molar refractivity (Wildman–Crippen MR) is 120 cm³/mol. The number of halogens is 3. The number of hydrogen-bond donors (Lipinski definition) is 0. The second kappa shape index (κ2) is 8.16. The van der Waals surface area contributed by atoms with E-state index < -0.39 is 3.79 Å². The van der Waals surface area contributed by atoms with Crippen molar-refractivity contribution in [3.8, 4) is 6.07 Å². The summed E-state index contributed by atoms with van der Waals surface area (Å²) in [5.74, 6) is 1.01. The number of benzene rings is 1. The fourth-order valence-corrected chi connectivity index (χ4v) is 4.43. The molecule has 0 spiro atoms. The molecule has 11 heteroatoms. The normalized spacial score (nSPS) is 19.5. The molecule has 0 N–H and O–H groups in total. The second-order valence-corrected chi connectivity index (χ2v) is 10.1. The van der Waals surface area contributed by atoms with Crippen LogP contribution in [0.4, 0.5) is 0 Å². The first-order valence-corrected chi connectivity index (χ1v) is 11.2. The van der Waals surface area contributed by atoms with Gasteiger partial charge in [-0.3, -0.25) is 4.98 Å². The Bertz CT molecular complexity index is 1350. The Balaban J connectivity index is 1.69. The number of aromatic nitrogens is 5. The van der Waals surface area contributed by atoms with Crippen molar-refractivity contribution in [1.82, 2.24) is 24.7 Å². The predicted octanol–water partition coefficient (Wildman–Crippen LogP) is 5.00. The van der Waals surface area contributed by atoms with Crippen molar-refractivity contribution < 1.29 is 9.26 Å². The third-order valence-corrected chi connectivity index (χ3v) is 6.05. The van der Waals surface area contributed by atoms with Crippen LogP contribution in [0, 0.1) is 11.3 Å². The number of imidazole rings is 1. The Hall–Kier alpha value is -2.44. The highest BCUT2D eigenvalue weighted by Crippen LogP contribution is 2.37. The molecule has 1 aliphatic rings. The van der Waals surface area contributed by atoms with E-state index in [2.05, 4.69) is 32.7 Å². The van der Waals surface area contributed by atoms with E-state index in [1.165, 1.54) is 0 Å². The minimum atomic E-state index is -1.80. The Morgan fingerprint density at radius 2 is 2.09 bits per heavy atom. The van der Waals surface area contributed by atoms with E-state index >= 15 is 0 Å². The molecule has 0 aliphatic carbocycles. The summed E-state index contributed by atoms with van der Waals surface area (Å²) in [4.78, 5) is 13.6. The molecule has 1 aromatic carbocycles. The van der Waals surface area contributed by atoms with Crippen molar-refractivity contribution in [2.45, 2.75) is 42.1 Å². The van der Waals surface area contributed by atoms with Crippen molar-refractivity contribution in [3.05, 3.63) is 47.5 Å². The lowest BCUT2D eigenvalue weighted by Gasteiger charge is -2.30. The van der Waals surface area contributed by atoms with Crippen LogP contribution in [0.15, 0.2) is 28.9 Å². The highest BCUT2D eigenvalue weighted by atomic mass is 35.6. The molecule has 0 amide bonds. The molecule has 164 valence electrons. The van der Waals surface area contributed by atoms with Gasteiger partial charge in [-0.05, 0) is 38.0 Å². The van der Waals surface area contributed by atoms with Gasteiger partial charge in [-0.25, -0.2) is 4.98 Å². The molecule has 0 bridgehead atoms. The van der Waals surface area contributed by atoms with Crippen LogP contribution in [-0.2, 0) is 15.0 Å². The van der Waals surface area contributed by atoms with Gasteiger partial charge in [0.05, 0.1) is 41.4 Å². The standard InChI is InChI=1S/C21H17Cl3N6O2/c1-11-6-13(4-5-31-11)30-18(8-17-28-20(32-29-17)21(22,23)24)27-16-10-26-15-3-2-12(9-25)7-14(15)19(16)30/h2-3,7,10-11,13H,4-6,8H2,1H3/t11-,13-/m1/s1. The zero-order valence-corrected chi connectivity index (χ0v) is 19.2. The molecule has 1 saturated heterocycles. The van der Waals surface area contributed by atoms with Crippen LogP contribution in [0.25, 0.3) is 21.9 Å². The number of hydrogen-bond acceptors (Lipinski definition) is 7. The van der Waals surface area contributed by atoms with E-state index in [0.29, 0.717) is 18.0 Å². The average molecular weight is 492 g/mol. The van der Waals surface area contributed by atoms with Gasteiger partial charge in [0, 0.05) is 18.0 Å². The quantitative estimate of drug-likeness (QED) is 0.372. The fourth-order valence-electron chi connectivity index (χ4n) is 4.20. The lowest BCUT2D eigenvalue weighted by molar-refractivity contribution is 0.00630. The number of alkyl halides is 3. The molecule has 8 nitrogen and oxygen atoms in total. The van der Waals surface area contributed by atoms with Crippen LogP contribution in [0.3, 0.4) is 0 Å². The van der Waals surface area contributed by atoms with Crippen LogP contribution < -0.4 is 0 Å². The van der Waals surface area contributed by atoms with Crippen LogP contribution in [-0.4, -0.2) is 37.4 Å². The zero-order valence-electron chi connectivity index (χ0n) is 16.9. The van der Waals surface area contributed by atoms with Gasteiger partial charge in [0.25, 0.3) is 9.68 Å². The molecule has 4 aromatic rings. The third kappa shape index (κ3) is 3.90. The number of nitriles is 1. The lowest BCUT2D eigenvalue weighted by atomic mass is 10.0. The van der Waals surface area contributed by atoms with Crippen molar-refractivity contribution in [2.24, 2.45) is 0 Å². The van der Waals surface area contributed by atoms with E-state index in [-0.39, 0.29) is 24.5 Å². The molecule has 5 rings (SSSR count). The second-order valence-electron chi connectivity index (χ2n) is 7.78. The van der Waals surface area contributed by atoms with Crippen LogP contribution >= 0.6 is 34.8 Å². The molecule has 2 atom stereocenters. The summed E-state index contributed by atoms with van der Waals surface area (Å²) in [6.07, 6.45) is 3.80. The summed E-state index contributed by atoms with van der Waals surface area (Å²) in [5, 5.41) is 14.3. The van der Waals surface area contributed by atoms with Crippen molar-refractivity contribution in [2.75, 3.05) is 6.61 Å². The largest absolute Gasteiger partial charge is 0.378 e. The van der Waals surface area contributed by atoms with Gasteiger partial charge in [0.1, 0.15) is 11.3 Å². The van der Waals surface area contributed by atoms with Gasteiger partial charge < -0.3 is 13.8 Å². The number of ether oxygens (including phenoxy) is 1. The van der Waals surface area contributed by atoms with Gasteiger partial charge in [0.15, 0.2) is 5.82 Å². The topological polar surface area (TPSA) is 103 Å². The summed E-state index contributed by atoms with van der Waals surface area (Å²) in [5.41, 5.74) is 3.01. The molecular formula is C21H17Cl3N6O2. The number of fused-ring (bicyclic) bond motifs is 3. The molecule has 32 heavy (non-hydrogen) atoms. The molecule has 3 aromatic heterocycles. The Labute approximate surface area is 198 Å². The fraction of sp³-hybridized carbons (Fsp3) is 0.381. The summed E-state index contributed by atoms with van der Waals surface area (Å²) in [7, 11) is 0. The van der Waals surface area contributed by atoms with Crippen LogP contribution in [0.1, 0.15) is 48.9 Å². The van der Waals surface area contributed by atoms with Crippen molar-refractivity contribution >= 4 is 56.7 Å². The van der Waals surface area contributed by atoms with Gasteiger partial charge in [-0.1, -0.05) is 40.0 Å². The average Bonchev–Trinajstić information content (AvgIpc) is 3.38. The van der Waals surface area contributed by atoms with Crippen molar-refractivity contribution in [3.63, 3.8) is 0 Å². The summed E-state index contributed by atoms with van der Waals surface area (Å²) < 4.78 is 11.3. The molecule has 1 aliphatic heterocycles. The zero-order chi connectivity index (χ0) is 22.5. The lowest BCUT2D eigenvalue weighted by Crippen LogP contribution is -2.26. The highest BCUT2D eigenvalue weighted by molar-refractivity contribution is 6.66. The molecule has 4 heterocycles. The smallest absolute Gasteiger partial charge is 0.278 e. The third-order valence-electron chi connectivity index (χ3n) is 5.57. The van der Waals surface area contributed by atoms with E-state index in [4.69, 9.17) is 49.0 Å². The molecule has 0 radical (unpaired) electrons. The van der Waals surface area contributed by atoms with E-state index in [1.807, 2.05) is 12.1 Å². The maximum absolute atomic E-state index is 9.42. The monoisotopic (exact) mass is 490 g/mol. The van der Waals surface area contributed by atoms with Gasteiger partial charge in [-0.15, -0.1) is 0 Å². The van der Waals surface area contributed by atoms with Crippen LogP contribution in [0.5, 0.6) is 0 Å². The molecule has 0 unspecified atom stereocenters. The minimum absolute atomic E-state index is 0.0920. The first-order chi connectivity index (χ1) is 15.3. The number of nitrogens with zero attached hydrogens (tertiary/aromatic N) is 6. The van der Waals surface area contributed by atoms with E-state index in [1.54, 1.807) is 12.3 Å². The molecule has 0 saturated carbocycles. The first-order valence-electron chi connectivity index (χ1n) is 10.0. The summed E-state index contributed by atoms with van der Waals surface area (Å²) >= 11 is 17.6. The number of pyridine rings is 1. The molecular weight excluding hydrogens is 475 g/mol. The Morgan fingerprint density at radius 1 is 1.25 bits per heavy atom. The Kier molecular flexibility index (Phi) is 5.46. The minimum Gasteiger partial charge on any atom is -0.378 e. The molecule has 1 fully saturated rings. The van der Waals surface area contributed by atoms with Crippen molar-refractivity contribution in [1.29, 1.82) is 5.26 Å².